The van der Waals surface area contributed by atoms with Crippen molar-refractivity contribution in [1.29, 1.82) is 0 Å². The molecule has 16 aromatic carbocycles. The number of fused-ring (bicyclic) bond motifs is 8. The predicted octanol–water partition coefficient (Wildman–Crippen LogP) is 17.7. The molecule has 2 aromatic heterocycles. The molecule has 0 saturated heterocycles. The average molecular weight is 1410 g/mol. The Kier molecular flexibility index (Phi) is 19.8. The minimum Gasteiger partial charge on any atom is -0.423 e. The van der Waals surface area contributed by atoms with Gasteiger partial charge in [0.1, 0.15) is 0 Å². The molecular formula is C94H76BBrN2O2Si2. The van der Waals surface area contributed by atoms with Crippen LogP contribution in [0.2, 0.25) is 0 Å². The Morgan fingerprint density at radius 2 is 0.471 bits per heavy atom. The molecule has 0 amide bonds. The highest BCUT2D eigenvalue weighted by Gasteiger charge is 2.43. The van der Waals surface area contributed by atoms with Crippen LogP contribution in [0.25, 0.3) is 87.7 Å². The van der Waals surface area contributed by atoms with Crippen molar-refractivity contribution in [2.45, 2.75) is 14.9 Å². The Balaban J connectivity index is 0.000000139. The molecule has 2 heterocycles. The van der Waals surface area contributed by atoms with E-state index in [2.05, 4.69) is 383 Å². The first kappa shape index (κ1) is 67.7. The monoisotopic (exact) mass is 1410 g/mol. The summed E-state index contributed by atoms with van der Waals surface area (Å²) >= 11 is 3.68. The molecule has 492 valence electrons. The van der Waals surface area contributed by atoms with E-state index in [1.165, 1.54) is 129 Å². The zero-order chi connectivity index (χ0) is 67.4. The van der Waals surface area contributed by atoms with E-state index in [-0.39, 0.29) is 14.9 Å². The summed E-state index contributed by atoms with van der Waals surface area (Å²) in [7, 11) is -6.56. The highest BCUT2D eigenvalue weighted by molar-refractivity contribution is 9.10. The molecule has 0 spiro atoms. The maximum atomic E-state index is 9.54. The zero-order valence-electron chi connectivity index (χ0n) is 54.8. The molecule has 8 heteroatoms. The highest BCUT2D eigenvalue weighted by atomic mass is 79.9. The molecule has 18 rings (SSSR count). The lowest BCUT2D eigenvalue weighted by molar-refractivity contribution is 0.426. The molecule has 0 unspecified atom stereocenters. The predicted molar refractivity (Wildman–Crippen MR) is 447 cm³/mol. The third-order valence-corrected chi connectivity index (χ3v) is 30.2. The van der Waals surface area contributed by atoms with E-state index < -0.39 is 23.3 Å². The SMILES string of the molecule is Brc1ccc(-n2c3ccccc3c3ccccc32)c2ccccc12.C.C.OB(O)c1ccc([Si](c2ccccc2)(c2ccccc2)c2ccccc2)cc1.c1ccc([Si](c2ccccc2)(c2ccccc2)c2ccc(-c3ccc(-n4c5ccccc5c5ccccc54)c4ccccc34)cc2)cc1. The summed E-state index contributed by atoms with van der Waals surface area (Å²) in [5.74, 6) is 0. The molecule has 0 aliphatic carbocycles. The first-order valence-corrected chi connectivity index (χ1v) is 38.8. The smallest absolute Gasteiger partial charge is 0.423 e. The molecule has 2 N–H and O–H groups in total. The molecule has 4 nitrogen and oxygen atoms in total. The maximum Gasteiger partial charge on any atom is 0.488 e. The molecule has 0 aliphatic rings. The average Bonchev–Trinajstić information content (AvgIpc) is 0.981. The number of para-hydroxylation sites is 4. The summed E-state index contributed by atoms with van der Waals surface area (Å²) in [6, 6.07) is 144. The van der Waals surface area contributed by atoms with E-state index in [0.717, 1.165) is 4.47 Å². The van der Waals surface area contributed by atoms with E-state index in [0.29, 0.717) is 5.46 Å². The van der Waals surface area contributed by atoms with Crippen molar-refractivity contribution in [1.82, 2.24) is 9.13 Å². The van der Waals surface area contributed by atoms with Gasteiger partial charge in [0, 0.05) is 36.8 Å². The fourth-order valence-corrected chi connectivity index (χ4v) is 25.4. The minimum atomic E-state index is -2.58. The third-order valence-electron chi connectivity index (χ3n) is 19.9. The zero-order valence-corrected chi connectivity index (χ0v) is 58.4. The van der Waals surface area contributed by atoms with Gasteiger partial charge in [0.05, 0.1) is 33.4 Å². The van der Waals surface area contributed by atoms with Crippen LogP contribution < -0.4 is 47.0 Å². The quantitative estimate of drug-likeness (QED) is 0.0946. The number of hydrogen-bond acceptors (Lipinski definition) is 2. The van der Waals surface area contributed by atoms with Crippen LogP contribution in [0.3, 0.4) is 0 Å². The summed E-state index contributed by atoms with van der Waals surface area (Å²) < 4.78 is 5.93. The Labute approximate surface area is 608 Å². The maximum absolute atomic E-state index is 9.54. The van der Waals surface area contributed by atoms with Gasteiger partial charge in [-0.2, -0.15) is 0 Å². The van der Waals surface area contributed by atoms with Crippen molar-refractivity contribution in [2.75, 3.05) is 0 Å². The van der Waals surface area contributed by atoms with Crippen LogP contribution in [-0.2, 0) is 0 Å². The normalized spacial score (nSPS) is 11.3. The van der Waals surface area contributed by atoms with E-state index in [1.54, 1.807) is 0 Å². The van der Waals surface area contributed by atoms with Gasteiger partial charge in [-0.05, 0) is 111 Å². The van der Waals surface area contributed by atoms with Crippen molar-refractivity contribution in [3.63, 3.8) is 0 Å². The van der Waals surface area contributed by atoms with Gasteiger partial charge in [-0.3, -0.25) is 0 Å². The van der Waals surface area contributed by atoms with Gasteiger partial charge in [0.15, 0.2) is 16.1 Å². The number of nitrogens with zero attached hydrogens (tertiary/aromatic N) is 2. The largest absolute Gasteiger partial charge is 0.488 e. The van der Waals surface area contributed by atoms with Gasteiger partial charge in [0.25, 0.3) is 0 Å². The van der Waals surface area contributed by atoms with Crippen molar-refractivity contribution in [3.8, 4) is 22.5 Å². The number of benzene rings is 16. The van der Waals surface area contributed by atoms with Crippen LogP contribution in [0.4, 0.5) is 0 Å². The molecule has 0 fully saturated rings. The summed E-state index contributed by atoms with van der Waals surface area (Å²) in [4.78, 5) is 0. The van der Waals surface area contributed by atoms with E-state index >= 15 is 0 Å². The van der Waals surface area contributed by atoms with Crippen LogP contribution >= 0.6 is 15.9 Å². The molecular weight excluding hydrogens is 1340 g/mol. The second-order valence-electron chi connectivity index (χ2n) is 25.3. The fraction of sp³-hybridized carbons (Fsp3) is 0.0213. The Morgan fingerprint density at radius 3 is 0.794 bits per heavy atom. The lowest BCUT2D eigenvalue weighted by atomic mass is 9.81. The van der Waals surface area contributed by atoms with Gasteiger partial charge in [-0.25, -0.2) is 0 Å². The molecule has 0 atom stereocenters. The van der Waals surface area contributed by atoms with Crippen LogP contribution in [0.5, 0.6) is 0 Å². The van der Waals surface area contributed by atoms with E-state index in [4.69, 9.17) is 0 Å². The molecule has 0 radical (unpaired) electrons. The van der Waals surface area contributed by atoms with Crippen LogP contribution in [-0.4, -0.2) is 42.4 Å². The molecule has 0 saturated carbocycles. The fourth-order valence-electron chi connectivity index (χ4n) is 15.5. The minimum absolute atomic E-state index is 0. The molecule has 0 aliphatic heterocycles. The van der Waals surface area contributed by atoms with Gasteiger partial charge in [-0.15, -0.1) is 0 Å². The van der Waals surface area contributed by atoms with Crippen LogP contribution in [0.15, 0.2) is 405 Å². The van der Waals surface area contributed by atoms with Crippen molar-refractivity contribution < 1.29 is 10.0 Å². The summed E-state index contributed by atoms with van der Waals surface area (Å²) in [6.45, 7) is 0. The lowest BCUT2D eigenvalue weighted by Gasteiger charge is -2.34. The topological polar surface area (TPSA) is 50.3 Å². The van der Waals surface area contributed by atoms with Crippen LogP contribution in [0, 0.1) is 0 Å². The second-order valence-corrected chi connectivity index (χ2v) is 33.8. The Morgan fingerprint density at radius 1 is 0.225 bits per heavy atom. The van der Waals surface area contributed by atoms with E-state index in [1.807, 2.05) is 42.5 Å². The second kappa shape index (κ2) is 29.8. The Bertz CT molecular complexity index is 5580. The third kappa shape index (κ3) is 12.1. The Hall–Kier alpha value is -11.5. The number of rotatable bonds is 12. The number of halogens is 1. The number of aromatic nitrogens is 2. The van der Waals surface area contributed by atoms with Crippen LogP contribution in [0.1, 0.15) is 14.9 Å². The van der Waals surface area contributed by atoms with Gasteiger partial charge in [-0.1, -0.05) is 389 Å². The van der Waals surface area contributed by atoms with Gasteiger partial charge >= 0.3 is 7.12 Å². The van der Waals surface area contributed by atoms with Gasteiger partial charge in [0.2, 0.25) is 0 Å². The van der Waals surface area contributed by atoms with E-state index in [9.17, 15) is 10.0 Å². The standard InChI is InChI=1S/C46H33NSi.C24H21BO2Si.C22H14BrN.2CH4/c1-4-16-35(17-5-1)48(36-18-6-2-7-19-36,37-20-8-3-9-21-37)38-30-28-34(29-31-38)39-32-33-46(41-23-11-10-22-40(39)41)47-44-26-14-12-24-42(44)43-25-13-15-27-45(43)47;26-25(27)20-16-18-24(19-17-20)28(21-10-4-1-5-11-21,22-12-6-2-7-13-22)23-14-8-3-9-15-23;23-19-13-14-22(16-8-2-1-7-15(16)19)24-20-11-5-3-9-17(20)18-10-4-6-12-21(18)24;;/h1-33H;1-19,26-27H;1-14H;2*1H4. The molecule has 102 heavy (non-hydrogen) atoms. The first-order valence-electron chi connectivity index (χ1n) is 34.0. The van der Waals surface area contributed by atoms with Crippen molar-refractivity contribution in [2.24, 2.45) is 0 Å². The first-order chi connectivity index (χ1) is 49.4. The summed E-state index contributed by atoms with van der Waals surface area (Å²) in [5.41, 5.74) is 10.3. The highest BCUT2D eigenvalue weighted by Crippen LogP contribution is 2.39. The van der Waals surface area contributed by atoms with Crippen molar-refractivity contribution >= 4 is 151 Å². The summed E-state index contributed by atoms with van der Waals surface area (Å²) in [6.07, 6.45) is 0. The molecule has 0 bridgehead atoms. The van der Waals surface area contributed by atoms with Crippen molar-refractivity contribution in [3.05, 3.63) is 405 Å². The van der Waals surface area contributed by atoms with Gasteiger partial charge < -0.3 is 19.2 Å². The molecule has 18 aromatic rings. The lowest BCUT2D eigenvalue weighted by Crippen LogP contribution is -2.74. The summed E-state index contributed by atoms with van der Waals surface area (Å²) in [5, 5.41) is 39.8. The number of hydrogen-bond donors (Lipinski definition) is 2.